The second-order valence-electron chi connectivity index (χ2n) is 4.82. The molecule has 2 atom stereocenters. The second kappa shape index (κ2) is 3.97. The summed E-state index contributed by atoms with van der Waals surface area (Å²) in [6.45, 7) is 2.61. The van der Waals surface area contributed by atoms with Gasteiger partial charge in [0, 0.05) is 12.6 Å². The van der Waals surface area contributed by atoms with E-state index < -0.39 is 0 Å². The molecule has 1 aliphatic carbocycles. The summed E-state index contributed by atoms with van der Waals surface area (Å²) < 4.78 is 0. The van der Waals surface area contributed by atoms with Gasteiger partial charge in [-0.2, -0.15) is 0 Å². The van der Waals surface area contributed by atoms with Crippen LogP contribution in [0.4, 0.5) is 0 Å². The number of hydrogen-bond donors (Lipinski definition) is 1. The van der Waals surface area contributed by atoms with E-state index in [1.165, 1.54) is 38.8 Å². The fourth-order valence-electron chi connectivity index (χ4n) is 2.81. The lowest BCUT2D eigenvalue weighted by Gasteiger charge is -2.35. The van der Waals surface area contributed by atoms with Crippen LogP contribution in [-0.4, -0.2) is 38.1 Å². The topological polar surface area (TPSA) is 15.3 Å². The van der Waals surface area contributed by atoms with Gasteiger partial charge in [-0.25, -0.2) is 0 Å². The van der Waals surface area contributed by atoms with Crippen LogP contribution < -0.4 is 5.32 Å². The van der Waals surface area contributed by atoms with E-state index in [1.807, 2.05) is 0 Å². The maximum absolute atomic E-state index is 3.53. The Kier molecular flexibility index (Phi) is 2.89. The lowest BCUT2D eigenvalue weighted by Crippen LogP contribution is -2.44. The van der Waals surface area contributed by atoms with Gasteiger partial charge in [-0.3, -0.25) is 0 Å². The zero-order chi connectivity index (χ0) is 9.26. The highest BCUT2D eigenvalue weighted by Crippen LogP contribution is 2.37. The summed E-state index contributed by atoms with van der Waals surface area (Å²) in [5.74, 6) is 1.91. The molecule has 0 aromatic carbocycles. The van der Waals surface area contributed by atoms with Gasteiger partial charge in [-0.15, -0.1) is 0 Å². The largest absolute Gasteiger partial charge is 0.316 e. The maximum Gasteiger partial charge on any atom is 0.0133 e. The first-order valence-electron chi connectivity index (χ1n) is 5.67. The fraction of sp³-hybridized carbons (Fsp3) is 1.00. The van der Waals surface area contributed by atoms with Crippen LogP contribution in [0.2, 0.25) is 0 Å². The van der Waals surface area contributed by atoms with Crippen molar-refractivity contribution in [2.75, 3.05) is 27.2 Å². The van der Waals surface area contributed by atoms with Crippen molar-refractivity contribution in [3.63, 3.8) is 0 Å². The molecule has 2 rings (SSSR count). The van der Waals surface area contributed by atoms with Crippen LogP contribution in [0.5, 0.6) is 0 Å². The van der Waals surface area contributed by atoms with Crippen molar-refractivity contribution in [3.8, 4) is 0 Å². The first-order valence-corrected chi connectivity index (χ1v) is 5.67. The summed E-state index contributed by atoms with van der Waals surface area (Å²) in [5, 5.41) is 3.53. The molecule has 2 unspecified atom stereocenters. The zero-order valence-corrected chi connectivity index (χ0v) is 8.92. The summed E-state index contributed by atoms with van der Waals surface area (Å²) in [7, 11) is 4.39. The molecule has 13 heavy (non-hydrogen) atoms. The maximum atomic E-state index is 3.53. The van der Waals surface area contributed by atoms with Crippen LogP contribution in [-0.2, 0) is 0 Å². The number of hydrogen-bond acceptors (Lipinski definition) is 2. The van der Waals surface area contributed by atoms with E-state index in [9.17, 15) is 0 Å². The van der Waals surface area contributed by atoms with E-state index in [0.717, 1.165) is 17.9 Å². The van der Waals surface area contributed by atoms with Crippen LogP contribution in [0.25, 0.3) is 0 Å². The van der Waals surface area contributed by atoms with E-state index in [0.29, 0.717) is 0 Å². The van der Waals surface area contributed by atoms with Crippen molar-refractivity contribution in [2.24, 2.45) is 11.8 Å². The van der Waals surface area contributed by atoms with E-state index in [-0.39, 0.29) is 0 Å². The first-order chi connectivity index (χ1) is 6.31. The molecule has 0 spiro atoms. The van der Waals surface area contributed by atoms with Crippen LogP contribution in [0.3, 0.4) is 0 Å². The minimum absolute atomic E-state index is 0.808. The predicted molar refractivity (Wildman–Crippen MR) is 55.8 cm³/mol. The Morgan fingerprint density at radius 2 is 2.00 bits per heavy atom. The molecular formula is C11H22N2. The molecule has 1 aliphatic heterocycles. The van der Waals surface area contributed by atoms with Gasteiger partial charge in [0.05, 0.1) is 0 Å². The standard InChI is InChI=1S/C11H22N2/c1-12-11(9-5-6-9)10-4-3-7-13(2)8-10/h9-12H,3-8H2,1-2H3. The van der Waals surface area contributed by atoms with E-state index in [4.69, 9.17) is 0 Å². The number of rotatable bonds is 3. The molecule has 1 saturated carbocycles. The molecule has 2 aliphatic rings. The van der Waals surface area contributed by atoms with Crippen LogP contribution in [0.15, 0.2) is 0 Å². The Labute approximate surface area is 81.7 Å². The highest BCUT2D eigenvalue weighted by Gasteiger charge is 2.36. The molecule has 0 aromatic rings. The third-order valence-electron chi connectivity index (χ3n) is 3.63. The van der Waals surface area contributed by atoms with Gasteiger partial charge in [0.25, 0.3) is 0 Å². The van der Waals surface area contributed by atoms with Gasteiger partial charge in [0.2, 0.25) is 0 Å². The SMILES string of the molecule is CNC(C1CC1)C1CCCN(C)C1. The van der Waals surface area contributed by atoms with Gasteiger partial charge in [-0.05, 0) is 58.2 Å². The zero-order valence-electron chi connectivity index (χ0n) is 8.92. The Morgan fingerprint density at radius 3 is 2.54 bits per heavy atom. The van der Waals surface area contributed by atoms with Gasteiger partial charge in [0.1, 0.15) is 0 Å². The smallest absolute Gasteiger partial charge is 0.0133 e. The molecular weight excluding hydrogens is 160 g/mol. The van der Waals surface area contributed by atoms with Crippen molar-refractivity contribution >= 4 is 0 Å². The molecule has 2 nitrogen and oxygen atoms in total. The lowest BCUT2D eigenvalue weighted by molar-refractivity contribution is 0.167. The first kappa shape index (κ1) is 9.47. The highest BCUT2D eigenvalue weighted by molar-refractivity contribution is 4.92. The summed E-state index contributed by atoms with van der Waals surface area (Å²) in [6.07, 6.45) is 5.76. The number of nitrogens with zero attached hydrogens (tertiary/aromatic N) is 1. The van der Waals surface area contributed by atoms with E-state index in [1.54, 1.807) is 0 Å². The fourth-order valence-corrected chi connectivity index (χ4v) is 2.81. The van der Waals surface area contributed by atoms with Crippen molar-refractivity contribution in [3.05, 3.63) is 0 Å². The average Bonchev–Trinajstić information content (AvgIpc) is 2.90. The second-order valence-corrected chi connectivity index (χ2v) is 4.82. The van der Waals surface area contributed by atoms with Crippen molar-refractivity contribution in [2.45, 2.75) is 31.7 Å². The molecule has 2 heteroatoms. The Balaban J connectivity index is 1.88. The Morgan fingerprint density at radius 1 is 1.23 bits per heavy atom. The molecule has 2 fully saturated rings. The predicted octanol–water partition coefficient (Wildman–Crippen LogP) is 1.33. The third kappa shape index (κ3) is 2.23. The molecule has 0 bridgehead atoms. The van der Waals surface area contributed by atoms with Gasteiger partial charge >= 0.3 is 0 Å². The summed E-state index contributed by atoms with van der Waals surface area (Å²) in [5.41, 5.74) is 0. The van der Waals surface area contributed by atoms with E-state index >= 15 is 0 Å². The van der Waals surface area contributed by atoms with Crippen molar-refractivity contribution in [1.29, 1.82) is 0 Å². The highest BCUT2D eigenvalue weighted by atomic mass is 15.1. The Bertz CT molecular complexity index is 165. The minimum Gasteiger partial charge on any atom is -0.316 e. The average molecular weight is 182 g/mol. The van der Waals surface area contributed by atoms with Crippen LogP contribution in [0.1, 0.15) is 25.7 Å². The molecule has 1 heterocycles. The lowest BCUT2D eigenvalue weighted by atomic mass is 9.88. The molecule has 0 amide bonds. The quantitative estimate of drug-likeness (QED) is 0.708. The summed E-state index contributed by atoms with van der Waals surface area (Å²) in [6, 6.07) is 0.808. The van der Waals surface area contributed by atoms with Gasteiger partial charge in [-0.1, -0.05) is 0 Å². The number of nitrogens with one attached hydrogen (secondary N) is 1. The Hall–Kier alpha value is -0.0800. The van der Waals surface area contributed by atoms with Gasteiger partial charge in [0.15, 0.2) is 0 Å². The molecule has 0 aromatic heterocycles. The molecule has 0 radical (unpaired) electrons. The van der Waals surface area contributed by atoms with Crippen LogP contribution in [0, 0.1) is 11.8 Å². The normalized spacial score (nSPS) is 33.2. The molecule has 1 saturated heterocycles. The minimum atomic E-state index is 0.808. The van der Waals surface area contributed by atoms with E-state index in [2.05, 4.69) is 24.3 Å². The number of likely N-dealkylation sites (tertiary alicyclic amines) is 1. The summed E-state index contributed by atoms with van der Waals surface area (Å²) in [4.78, 5) is 2.49. The third-order valence-corrected chi connectivity index (χ3v) is 3.63. The van der Waals surface area contributed by atoms with Crippen molar-refractivity contribution in [1.82, 2.24) is 10.2 Å². The number of piperidine rings is 1. The molecule has 76 valence electrons. The van der Waals surface area contributed by atoms with Gasteiger partial charge < -0.3 is 10.2 Å². The monoisotopic (exact) mass is 182 g/mol. The summed E-state index contributed by atoms with van der Waals surface area (Å²) >= 11 is 0. The van der Waals surface area contributed by atoms with Crippen LogP contribution >= 0.6 is 0 Å². The van der Waals surface area contributed by atoms with Crippen molar-refractivity contribution < 1.29 is 0 Å². The molecule has 1 N–H and O–H groups in total.